The molecule has 0 spiro atoms. The van der Waals surface area contributed by atoms with Gasteiger partial charge in [0.2, 0.25) is 0 Å². The molecule has 2 N–H and O–H groups in total. The van der Waals surface area contributed by atoms with Crippen LogP contribution in [0.2, 0.25) is 0 Å². The van der Waals surface area contributed by atoms with E-state index in [4.69, 9.17) is 0 Å². The number of nitrogens with zero attached hydrogens (tertiary/aromatic N) is 1. The van der Waals surface area contributed by atoms with Crippen LogP contribution in [0.15, 0.2) is 12.2 Å². The highest BCUT2D eigenvalue weighted by molar-refractivity contribution is 4.92. The van der Waals surface area contributed by atoms with Gasteiger partial charge < -0.3 is 14.7 Å². The Morgan fingerprint density at radius 2 is 1.30 bits per heavy atom. The fourth-order valence-corrected chi connectivity index (χ4v) is 2.92. The van der Waals surface area contributed by atoms with Crippen molar-refractivity contribution in [1.82, 2.24) is 0 Å². The molecular formula is C20H42NO2+. The number of aliphatic hydroxyl groups excluding tert-OH is 2. The number of quaternary nitrogens is 1. The summed E-state index contributed by atoms with van der Waals surface area (Å²) >= 11 is 0. The molecule has 0 aliphatic carbocycles. The first-order valence-electron chi connectivity index (χ1n) is 9.70. The van der Waals surface area contributed by atoms with E-state index >= 15 is 0 Å². The van der Waals surface area contributed by atoms with E-state index in [0.717, 1.165) is 6.42 Å². The molecule has 23 heavy (non-hydrogen) atoms. The smallest absolute Gasteiger partial charge is 0.142 e. The molecule has 2 atom stereocenters. The van der Waals surface area contributed by atoms with Crippen LogP contribution in [0.5, 0.6) is 0 Å². The van der Waals surface area contributed by atoms with Crippen molar-refractivity contribution in [3.05, 3.63) is 12.2 Å². The zero-order valence-electron chi connectivity index (χ0n) is 16.1. The molecule has 138 valence electrons. The van der Waals surface area contributed by atoms with E-state index in [1.165, 1.54) is 64.2 Å². The minimum Gasteiger partial charge on any atom is -0.390 e. The Morgan fingerprint density at radius 1 is 0.826 bits per heavy atom. The van der Waals surface area contributed by atoms with Gasteiger partial charge in [-0.1, -0.05) is 76.9 Å². The van der Waals surface area contributed by atoms with Crippen molar-refractivity contribution in [2.75, 3.05) is 27.7 Å². The van der Waals surface area contributed by atoms with Crippen molar-refractivity contribution >= 4 is 0 Å². The highest BCUT2D eigenvalue weighted by atomic mass is 16.3. The SMILES string of the molecule is CCCCCCCCCCCC/C=C/[C@@H](O)[C@H](CO)[N+](C)(C)C. The number of likely N-dealkylation sites (N-methyl/N-ethyl adjacent to an activating group) is 1. The normalized spacial score (nSPS) is 15.2. The molecule has 0 unspecified atom stereocenters. The Kier molecular flexibility index (Phi) is 13.8. The zero-order chi connectivity index (χ0) is 17.6. The van der Waals surface area contributed by atoms with Crippen LogP contribution in [-0.2, 0) is 0 Å². The molecule has 0 saturated carbocycles. The summed E-state index contributed by atoms with van der Waals surface area (Å²) in [6.07, 6.45) is 17.9. The van der Waals surface area contributed by atoms with Crippen molar-refractivity contribution < 1.29 is 14.7 Å². The van der Waals surface area contributed by atoms with Crippen molar-refractivity contribution in [3.63, 3.8) is 0 Å². The van der Waals surface area contributed by atoms with E-state index in [-0.39, 0.29) is 12.6 Å². The van der Waals surface area contributed by atoms with Gasteiger partial charge in [0.25, 0.3) is 0 Å². The lowest BCUT2D eigenvalue weighted by atomic mass is 10.0. The summed E-state index contributed by atoms with van der Waals surface area (Å²) in [5.74, 6) is 0. The van der Waals surface area contributed by atoms with Crippen LogP contribution in [0.25, 0.3) is 0 Å². The molecule has 0 aromatic heterocycles. The van der Waals surface area contributed by atoms with Crippen molar-refractivity contribution in [3.8, 4) is 0 Å². The van der Waals surface area contributed by atoms with Crippen LogP contribution < -0.4 is 0 Å². The van der Waals surface area contributed by atoms with Crippen molar-refractivity contribution in [2.24, 2.45) is 0 Å². The summed E-state index contributed by atoms with van der Waals surface area (Å²) in [5, 5.41) is 19.6. The van der Waals surface area contributed by atoms with Crippen LogP contribution >= 0.6 is 0 Å². The van der Waals surface area contributed by atoms with Gasteiger partial charge in [0.15, 0.2) is 0 Å². The van der Waals surface area contributed by atoms with Gasteiger partial charge in [-0.25, -0.2) is 0 Å². The largest absolute Gasteiger partial charge is 0.390 e. The maximum atomic E-state index is 10.1. The second kappa shape index (κ2) is 14.0. The lowest BCUT2D eigenvalue weighted by molar-refractivity contribution is -0.899. The molecule has 0 heterocycles. The molecule has 0 aliphatic heterocycles. The summed E-state index contributed by atoms with van der Waals surface area (Å²) in [6.45, 7) is 2.27. The molecule has 0 amide bonds. The first kappa shape index (κ1) is 22.6. The molecule has 3 nitrogen and oxygen atoms in total. The number of hydrogen-bond donors (Lipinski definition) is 2. The molecule has 0 rings (SSSR count). The Labute approximate surface area is 145 Å². The molecule has 0 saturated heterocycles. The molecule has 0 aliphatic rings. The minimum atomic E-state index is -0.567. The topological polar surface area (TPSA) is 40.5 Å². The highest BCUT2D eigenvalue weighted by Crippen LogP contribution is 2.12. The van der Waals surface area contributed by atoms with Gasteiger partial charge in [-0.2, -0.15) is 0 Å². The third-order valence-corrected chi connectivity index (χ3v) is 4.63. The molecule has 0 bridgehead atoms. The molecule has 0 aromatic rings. The Morgan fingerprint density at radius 3 is 1.74 bits per heavy atom. The molecule has 3 heteroatoms. The average molecular weight is 329 g/mol. The van der Waals surface area contributed by atoms with Gasteiger partial charge in [-0.3, -0.25) is 0 Å². The van der Waals surface area contributed by atoms with E-state index in [1.807, 2.05) is 27.2 Å². The predicted octanol–water partition coefficient (Wildman–Crippen LogP) is 4.28. The summed E-state index contributed by atoms with van der Waals surface area (Å²) < 4.78 is 0.570. The first-order chi connectivity index (χ1) is 10.9. The van der Waals surface area contributed by atoms with Crippen LogP contribution in [0.1, 0.15) is 77.6 Å². The average Bonchev–Trinajstić information content (AvgIpc) is 2.47. The van der Waals surface area contributed by atoms with Crippen LogP contribution in [0.3, 0.4) is 0 Å². The Balaban J connectivity index is 3.57. The number of aliphatic hydroxyl groups is 2. The number of rotatable bonds is 15. The van der Waals surface area contributed by atoms with Gasteiger partial charge >= 0.3 is 0 Å². The van der Waals surface area contributed by atoms with E-state index in [2.05, 4.69) is 13.0 Å². The second-order valence-electron chi connectivity index (χ2n) is 7.76. The predicted molar refractivity (Wildman–Crippen MR) is 101 cm³/mol. The third kappa shape index (κ3) is 12.7. The second-order valence-corrected chi connectivity index (χ2v) is 7.76. The number of unbranched alkanes of at least 4 members (excludes halogenated alkanes) is 10. The molecular weight excluding hydrogens is 286 g/mol. The lowest BCUT2D eigenvalue weighted by Gasteiger charge is -2.34. The van der Waals surface area contributed by atoms with E-state index in [9.17, 15) is 10.2 Å². The first-order valence-corrected chi connectivity index (χ1v) is 9.70. The maximum absolute atomic E-state index is 10.1. The van der Waals surface area contributed by atoms with Gasteiger partial charge in [0.1, 0.15) is 12.1 Å². The van der Waals surface area contributed by atoms with E-state index in [1.54, 1.807) is 0 Å². The lowest BCUT2D eigenvalue weighted by Crippen LogP contribution is -2.53. The monoisotopic (exact) mass is 328 g/mol. The highest BCUT2D eigenvalue weighted by Gasteiger charge is 2.28. The Bertz CT molecular complexity index is 284. The van der Waals surface area contributed by atoms with Crippen LogP contribution in [0, 0.1) is 0 Å². The fraction of sp³-hybridized carbons (Fsp3) is 0.900. The number of allylic oxidation sites excluding steroid dienone is 1. The summed E-state index contributed by atoms with van der Waals surface area (Å²) in [6, 6.07) is -0.154. The third-order valence-electron chi connectivity index (χ3n) is 4.63. The van der Waals surface area contributed by atoms with E-state index < -0.39 is 6.10 Å². The van der Waals surface area contributed by atoms with Crippen LogP contribution in [0.4, 0.5) is 0 Å². The maximum Gasteiger partial charge on any atom is 0.142 e. The summed E-state index contributed by atoms with van der Waals surface area (Å²) in [4.78, 5) is 0. The zero-order valence-corrected chi connectivity index (χ0v) is 16.1. The summed E-state index contributed by atoms with van der Waals surface area (Å²) in [5.41, 5.74) is 0. The van der Waals surface area contributed by atoms with Gasteiger partial charge in [0, 0.05) is 0 Å². The van der Waals surface area contributed by atoms with Gasteiger partial charge in [-0.05, 0) is 12.8 Å². The van der Waals surface area contributed by atoms with Gasteiger partial charge in [0.05, 0.1) is 27.7 Å². The molecule has 0 fully saturated rings. The van der Waals surface area contributed by atoms with E-state index in [0.29, 0.717) is 4.48 Å². The van der Waals surface area contributed by atoms with Gasteiger partial charge in [-0.15, -0.1) is 0 Å². The fourth-order valence-electron chi connectivity index (χ4n) is 2.92. The van der Waals surface area contributed by atoms with Crippen LogP contribution in [-0.4, -0.2) is 54.6 Å². The summed E-state index contributed by atoms with van der Waals surface area (Å²) in [7, 11) is 6.00. The number of hydrogen-bond acceptors (Lipinski definition) is 2. The van der Waals surface area contributed by atoms with Crippen molar-refractivity contribution in [1.29, 1.82) is 0 Å². The Hall–Kier alpha value is -0.380. The quantitative estimate of drug-likeness (QED) is 0.267. The standard InChI is InChI=1S/C20H42NO2/c1-5-6-7-8-9-10-11-12-13-14-15-16-17-20(23)19(18-22)21(2,3)4/h16-17,19-20,22-23H,5-15,18H2,1-4H3/q+1/b17-16+/t19-,20+/m0/s1. The molecule has 0 aromatic carbocycles. The minimum absolute atomic E-state index is 0.00721. The van der Waals surface area contributed by atoms with Crippen molar-refractivity contribution in [2.45, 2.75) is 89.7 Å². The molecule has 0 radical (unpaired) electrons.